The van der Waals surface area contributed by atoms with Crippen LogP contribution in [-0.4, -0.2) is 49.8 Å². The number of nitrogens with one attached hydrogen (secondary N) is 1. The van der Waals surface area contributed by atoms with E-state index in [-0.39, 0.29) is 10.3 Å². The number of aromatic amines is 1. The lowest BCUT2D eigenvalue weighted by molar-refractivity contribution is -0.0542. The first kappa shape index (κ1) is 13.4. The van der Waals surface area contributed by atoms with Crippen molar-refractivity contribution in [1.82, 2.24) is 9.55 Å². The third-order valence-electron chi connectivity index (χ3n) is 2.94. The minimum absolute atomic E-state index is 0.0837. The van der Waals surface area contributed by atoms with Crippen LogP contribution in [0.25, 0.3) is 0 Å². The molecule has 4 atom stereocenters. The monoisotopic (exact) mass is 274 g/mol. The molecule has 1 saturated heterocycles. The maximum absolute atomic E-state index is 11.3. The van der Waals surface area contributed by atoms with Crippen molar-refractivity contribution in [2.75, 3.05) is 6.61 Å². The normalized spacial score (nSPS) is 31.8. The molecule has 2 heterocycles. The van der Waals surface area contributed by atoms with Crippen molar-refractivity contribution in [2.24, 2.45) is 0 Å². The number of H-pyrrole nitrogens is 1. The summed E-state index contributed by atoms with van der Waals surface area (Å²) in [6.45, 7) is 1.18. The molecule has 4 N–H and O–H groups in total. The fourth-order valence-corrected chi connectivity index (χ4v) is 2.13. The predicted octanol–water partition coefficient (Wildman–Crippen LogP) is -1.17. The molecule has 2 rings (SSSR count). The van der Waals surface area contributed by atoms with Crippen LogP contribution in [0.5, 0.6) is 0 Å². The Bertz CT molecular complexity index is 554. The van der Waals surface area contributed by atoms with E-state index in [4.69, 9.17) is 22.1 Å². The standard InChI is InChI=1S/C10H14N2O5S/c1-4-2-12(10(18)11-8(4)16)9-7(15)6(14)5(3-13)17-9/h2,5-7,9,13-15H,3H2,1H3,(H,11,16,18)/t5-,6-,7+,9+/m0/s1. The lowest BCUT2D eigenvalue weighted by Gasteiger charge is -2.18. The van der Waals surface area contributed by atoms with E-state index in [0.717, 1.165) is 0 Å². The number of aliphatic hydroxyl groups excluding tert-OH is 3. The Labute approximate surface area is 107 Å². The van der Waals surface area contributed by atoms with Crippen molar-refractivity contribution >= 4 is 12.2 Å². The summed E-state index contributed by atoms with van der Waals surface area (Å²) in [6, 6.07) is 0. The smallest absolute Gasteiger partial charge is 0.254 e. The summed E-state index contributed by atoms with van der Waals surface area (Å²) in [5.74, 6) is 0. The summed E-state index contributed by atoms with van der Waals surface area (Å²) < 4.78 is 6.76. The van der Waals surface area contributed by atoms with Gasteiger partial charge in [0.15, 0.2) is 11.0 Å². The Kier molecular flexibility index (Phi) is 3.64. The molecule has 8 heteroatoms. The molecule has 1 aliphatic heterocycles. The van der Waals surface area contributed by atoms with Gasteiger partial charge in [-0.15, -0.1) is 0 Å². The maximum Gasteiger partial charge on any atom is 0.254 e. The zero-order valence-electron chi connectivity index (χ0n) is 9.61. The third kappa shape index (κ3) is 2.13. The second-order valence-corrected chi connectivity index (χ2v) is 4.59. The van der Waals surface area contributed by atoms with Gasteiger partial charge < -0.3 is 20.1 Å². The average molecular weight is 274 g/mol. The quantitative estimate of drug-likeness (QED) is 0.506. The van der Waals surface area contributed by atoms with Gasteiger partial charge in [0.2, 0.25) is 0 Å². The number of hydrogen-bond donors (Lipinski definition) is 4. The molecule has 0 saturated carbocycles. The maximum atomic E-state index is 11.3. The first-order valence-corrected chi connectivity index (χ1v) is 5.81. The van der Waals surface area contributed by atoms with Gasteiger partial charge in [-0.25, -0.2) is 0 Å². The summed E-state index contributed by atoms with van der Waals surface area (Å²) in [6.07, 6.45) is -2.78. The number of aromatic nitrogens is 2. The fraction of sp³-hybridized carbons (Fsp3) is 0.600. The zero-order chi connectivity index (χ0) is 13.4. The van der Waals surface area contributed by atoms with E-state index in [0.29, 0.717) is 5.56 Å². The summed E-state index contributed by atoms with van der Waals surface area (Å²) in [7, 11) is 0. The molecular weight excluding hydrogens is 260 g/mol. The molecule has 1 aromatic heterocycles. The SMILES string of the molecule is Cc1cn([C@@H]2O[C@@H](CO)[C@H](O)[C@H]2O)c(=S)[nH]c1=O. The van der Waals surface area contributed by atoms with Gasteiger partial charge >= 0.3 is 0 Å². The third-order valence-corrected chi connectivity index (χ3v) is 3.25. The summed E-state index contributed by atoms with van der Waals surface area (Å²) in [4.78, 5) is 13.8. The molecule has 1 aliphatic rings. The zero-order valence-corrected chi connectivity index (χ0v) is 10.4. The van der Waals surface area contributed by atoms with E-state index in [1.165, 1.54) is 10.8 Å². The molecule has 0 aromatic carbocycles. The Morgan fingerprint density at radius 2 is 2.17 bits per heavy atom. The summed E-state index contributed by atoms with van der Waals surface area (Å²) in [5, 5.41) is 28.5. The second kappa shape index (κ2) is 4.90. The van der Waals surface area contributed by atoms with Crippen LogP contribution in [0.2, 0.25) is 0 Å². The molecule has 100 valence electrons. The second-order valence-electron chi connectivity index (χ2n) is 4.21. The molecule has 0 spiro atoms. The van der Waals surface area contributed by atoms with Crippen molar-refractivity contribution in [3.05, 3.63) is 26.9 Å². The molecule has 0 radical (unpaired) electrons. The van der Waals surface area contributed by atoms with E-state index in [1.807, 2.05) is 0 Å². The molecule has 0 unspecified atom stereocenters. The number of rotatable bonds is 2. The van der Waals surface area contributed by atoms with Crippen LogP contribution in [0.3, 0.4) is 0 Å². The van der Waals surface area contributed by atoms with Crippen LogP contribution >= 0.6 is 12.2 Å². The molecule has 0 bridgehead atoms. The Hall–Kier alpha value is -1.06. The molecule has 1 fully saturated rings. The van der Waals surface area contributed by atoms with Gasteiger partial charge in [0.1, 0.15) is 18.3 Å². The number of hydrogen-bond acceptors (Lipinski definition) is 6. The minimum Gasteiger partial charge on any atom is -0.394 e. The van der Waals surface area contributed by atoms with E-state index in [2.05, 4.69) is 4.98 Å². The van der Waals surface area contributed by atoms with Crippen molar-refractivity contribution in [3.63, 3.8) is 0 Å². The summed E-state index contributed by atoms with van der Waals surface area (Å²) >= 11 is 4.97. The molecule has 0 aliphatic carbocycles. The van der Waals surface area contributed by atoms with E-state index >= 15 is 0 Å². The molecule has 18 heavy (non-hydrogen) atoms. The highest BCUT2D eigenvalue weighted by Gasteiger charge is 2.43. The van der Waals surface area contributed by atoms with Gasteiger partial charge in [-0.05, 0) is 19.1 Å². The van der Waals surface area contributed by atoms with E-state index < -0.39 is 31.1 Å². The first-order chi connectivity index (χ1) is 8.45. The molecular formula is C10H14N2O5S. The van der Waals surface area contributed by atoms with Crippen LogP contribution in [-0.2, 0) is 4.74 Å². The molecule has 7 nitrogen and oxygen atoms in total. The van der Waals surface area contributed by atoms with Gasteiger partial charge in [-0.1, -0.05) is 0 Å². The number of ether oxygens (including phenoxy) is 1. The first-order valence-electron chi connectivity index (χ1n) is 5.40. The Balaban J connectivity index is 2.42. The van der Waals surface area contributed by atoms with E-state index in [1.54, 1.807) is 6.92 Å². The highest BCUT2D eigenvalue weighted by molar-refractivity contribution is 7.71. The van der Waals surface area contributed by atoms with E-state index in [9.17, 15) is 15.0 Å². The van der Waals surface area contributed by atoms with Crippen LogP contribution in [0.15, 0.2) is 11.0 Å². The lowest BCUT2D eigenvalue weighted by atomic mass is 10.1. The molecule has 1 aromatic rings. The summed E-state index contributed by atoms with van der Waals surface area (Å²) in [5.41, 5.74) is 0.0873. The minimum atomic E-state index is -1.22. The predicted molar refractivity (Wildman–Crippen MR) is 63.6 cm³/mol. The number of aryl methyl sites for hydroxylation is 1. The Morgan fingerprint density at radius 3 is 2.72 bits per heavy atom. The van der Waals surface area contributed by atoms with Gasteiger partial charge in [-0.3, -0.25) is 14.3 Å². The van der Waals surface area contributed by atoms with Crippen molar-refractivity contribution in [1.29, 1.82) is 0 Å². The highest BCUT2D eigenvalue weighted by Crippen LogP contribution is 2.29. The van der Waals surface area contributed by atoms with Crippen molar-refractivity contribution < 1.29 is 20.1 Å². The van der Waals surface area contributed by atoms with Crippen molar-refractivity contribution in [3.8, 4) is 0 Å². The Morgan fingerprint density at radius 1 is 1.50 bits per heavy atom. The van der Waals surface area contributed by atoms with Crippen molar-refractivity contribution in [2.45, 2.75) is 31.5 Å². The highest BCUT2D eigenvalue weighted by atomic mass is 32.1. The van der Waals surface area contributed by atoms with Gasteiger partial charge in [0.25, 0.3) is 5.56 Å². The lowest BCUT2D eigenvalue weighted by Crippen LogP contribution is -2.33. The fourth-order valence-electron chi connectivity index (χ4n) is 1.88. The van der Waals surface area contributed by atoms with Crippen LogP contribution in [0.1, 0.15) is 11.8 Å². The topological polar surface area (TPSA) is 108 Å². The van der Waals surface area contributed by atoms with Gasteiger partial charge in [-0.2, -0.15) is 0 Å². The van der Waals surface area contributed by atoms with Crippen LogP contribution < -0.4 is 5.56 Å². The largest absolute Gasteiger partial charge is 0.394 e. The average Bonchev–Trinajstić information content (AvgIpc) is 2.61. The molecule has 0 amide bonds. The van der Waals surface area contributed by atoms with Crippen LogP contribution in [0, 0.1) is 11.7 Å². The number of nitrogens with zero attached hydrogens (tertiary/aromatic N) is 1. The number of aliphatic hydroxyl groups is 3. The van der Waals surface area contributed by atoms with Gasteiger partial charge in [0, 0.05) is 11.8 Å². The van der Waals surface area contributed by atoms with Crippen LogP contribution in [0.4, 0.5) is 0 Å². The van der Waals surface area contributed by atoms with Gasteiger partial charge in [0.05, 0.1) is 6.61 Å².